The van der Waals surface area contributed by atoms with Gasteiger partial charge in [-0.1, -0.05) is 62.7 Å². The van der Waals surface area contributed by atoms with Crippen LogP contribution in [0.4, 0.5) is 8.78 Å². The highest BCUT2D eigenvalue weighted by Crippen LogP contribution is 2.45. The zero-order chi connectivity index (χ0) is 35.1. The number of guanidine groups is 1. The first-order chi connectivity index (χ1) is 23.2. The first kappa shape index (κ1) is 34.0. The maximum Gasteiger partial charge on any atom is 0.333 e. The van der Waals surface area contributed by atoms with Crippen LogP contribution in [0.2, 0.25) is 5.02 Å². The lowest BCUT2D eigenvalue weighted by atomic mass is 9.75. The van der Waals surface area contributed by atoms with Gasteiger partial charge in [-0.25, -0.2) is 14.7 Å². The van der Waals surface area contributed by atoms with E-state index in [0.29, 0.717) is 43.4 Å². The Kier molecular flexibility index (Phi) is 9.14. The number of aliphatic imine (C=N–C) groups is 1. The summed E-state index contributed by atoms with van der Waals surface area (Å²) in [6.45, 7) is 2.97. The molecular weight excluding hydrogens is 656 g/mol. The molecule has 3 heterocycles. The van der Waals surface area contributed by atoms with Crippen LogP contribution >= 0.6 is 11.6 Å². The van der Waals surface area contributed by atoms with E-state index < -0.39 is 29.5 Å². The van der Waals surface area contributed by atoms with Gasteiger partial charge in [0.15, 0.2) is 11.5 Å². The third-order valence-corrected chi connectivity index (χ3v) is 8.91. The average molecular weight is 692 g/mol. The molecule has 1 fully saturated rings. The van der Waals surface area contributed by atoms with E-state index in [2.05, 4.69) is 15.1 Å². The standard InChI is InChI=1S/C35H36ClF2N7O4/c1-34(2,3)19-35(24-9-6-21(7-10-24)23-16-41-44(17-23)32(37)38)31(48)45(33(39)43-35)27(18-49-29(47)14-20-4-5-20)22-8-11-26(36)25(15-22)30-40-13-12-28(46)42-30/h6-13,15-17,20,27,32H,4-5,14,18-19H2,1-3H3,(H2,39,43)(H,40,42,46)/t27-,35-/m1/s1. The summed E-state index contributed by atoms with van der Waals surface area (Å²) in [5.41, 5.74) is 6.99. The highest BCUT2D eigenvalue weighted by molar-refractivity contribution is 6.33. The summed E-state index contributed by atoms with van der Waals surface area (Å²) in [4.78, 5) is 52.9. The fraction of sp³-hybridized carbons (Fsp3) is 0.371. The number of benzene rings is 2. The van der Waals surface area contributed by atoms with Crippen molar-refractivity contribution in [3.63, 3.8) is 0 Å². The van der Waals surface area contributed by atoms with Crippen molar-refractivity contribution in [3.05, 3.63) is 93.6 Å². The number of aromatic nitrogens is 4. The first-order valence-electron chi connectivity index (χ1n) is 15.9. The van der Waals surface area contributed by atoms with Crippen LogP contribution in [-0.4, -0.2) is 49.1 Å². The first-order valence-corrected chi connectivity index (χ1v) is 16.2. The smallest absolute Gasteiger partial charge is 0.333 e. The van der Waals surface area contributed by atoms with Crippen molar-refractivity contribution in [2.45, 2.75) is 64.6 Å². The number of alkyl halides is 2. The molecule has 49 heavy (non-hydrogen) atoms. The Hall–Kier alpha value is -4.91. The van der Waals surface area contributed by atoms with Gasteiger partial charge in [-0.3, -0.25) is 19.3 Å². The number of halogens is 3. The van der Waals surface area contributed by atoms with Gasteiger partial charge >= 0.3 is 12.5 Å². The van der Waals surface area contributed by atoms with Crippen molar-refractivity contribution in [2.24, 2.45) is 22.1 Å². The number of carbonyl (C=O) groups excluding carboxylic acids is 2. The Labute approximate surface area is 286 Å². The molecule has 2 aliphatic rings. The van der Waals surface area contributed by atoms with Crippen LogP contribution in [0.15, 0.2) is 76.9 Å². The van der Waals surface area contributed by atoms with Crippen LogP contribution in [0.25, 0.3) is 22.5 Å². The van der Waals surface area contributed by atoms with E-state index in [1.807, 2.05) is 20.8 Å². The van der Waals surface area contributed by atoms with E-state index in [0.717, 1.165) is 12.8 Å². The van der Waals surface area contributed by atoms with Crippen LogP contribution in [0, 0.1) is 11.3 Å². The second kappa shape index (κ2) is 13.2. The number of nitrogens with two attached hydrogens (primary N) is 1. The molecule has 3 N–H and O–H groups in total. The SMILES string of the molecule is CC(C)(C)C[C@]1(c2ccc(-c3cnn(C(F)F)c3)cc2)N=C(N)N([C@H](COC(=O)CC2CC2)c2ccc(Cl)c(-c3nccc(=O)[nH]3)c2)C1=O. The lowest BCUT2D eigenvalue weighted by Crippen LogP contribution is -2.47. The highest BCUT2D eigenvalue weighted by Gasteiger charge is 2.53. The number of aromatic amines is 1. The van der Waals surface area contributed by atoms with Crippen LogP contribution < -0.4 is 11.3 Å². The van der Waals surface area contributed by atoms with Gasteiger partial charge in [0, 0.05) is 36.0 Å². The molecule has 0 radical (unpaired) electrons. The van der Waals surface area contributed by atoms with Gasteiger partial charge in [-0.05, 0) is 59.4 Å². The monoisotopic (exact) mass is 691 g/mol. The number of hydrogen-bond donors (Lipinski definition) is 2. The van der Waals surface area contributed by atoms with Gasteiger partial charge in [-0.15, -0.1) is 0 Å². The lowest BCUT2D eigenvalue weighted by molar-refractivity contribution is -0.148. The second-order valence-electron chi connectivity index (χ2n) is 13.7. The summed E-state index contributed by atoms with van der Waals surface area (Å²) in [5, 5.41) is 4.02. The van der Waals surface area contributed by atoms with Crippen LogP contribution in [0.3, 0.4) is 0 Å². The molecule has 14 heteroatoms. The lowest BCUT2D eigenvalue weighted by Gasteiger charge is -2.35. The minimum Gasteiger partial charge on any atom is -0.463 e. The van der Waals surface area contributed by atoms with E-state index in [1.165, 1.54) is 29.6 Å². The van der Waals surface area contributed by atoms with Gasteiger partial charge in [0.2, 0.25) is 0 Å². The van der Waals surface area contributed by atoms with Crippen molar-refractivity contribution < 1.29 is 23.1 Å². The van der Waals surface area contributed by atoms with E-state index >= 15 is 0 Å². The molecular formula is C35H36ClF2N7O4. The number of H-pyrrole nitrogens is 1. The van der Waals surface area contributed by atoms with Gasteiger partial charge in [0.1, 0.15) is 12.4 Å². The molecule has 1 aliphatic heterocycles. The van der Waals surface area contributed by atoms with Gasteiger partial charge < -0.3 is 15.5 Å². The maximum absolute atomic E-state index is 14.9. The molecule has 256 valence electrons. The topological polar surface area (TPSA) is 149 Å². The average Bonchev–Trinajstić information content (AvgIpc) is 3.64. The number of amides is 1. The number of carbonyl (C=O) groups is 2. The molecule has 4 aromatic rings. The number of esters is 1. The number of nitrogens with one attached hydrogen (secondary N) is 1. The molecule has 1 saturated carbocycles. The van der Waals surface area contributed by atoms with Crippen LogP contribution in [0.1, 0.15) is 70.2 Å². The minimum absolute atomic E-state index is 0.0671. The molecule has 0 unspecified atom stereocenters. The predicted molar refractivity (Wildman–Crippen MR) is 179 cm³/mol. The molecule has 6 rings (SSSR count). The van der Waals surface area contributed by atoms with Gasteiger partial charge in [0.05, 0.1) is 17.3 Å². The Morgan fingerprint density at radius 3 is 2.49 bits per heavy atom. The third kappa shape index (κ3) is 7.26. The number of ether oxygens (including phenoxy) is 1. The molecule has 2 aromatic carbocycles. The number of hydrogen-bond acceptors (Lipinski definition) is 8. The molecule has 0 spiro atoms. The van der Waals surface area contributed by atoms with Crippen molar-refractivity contribution in [2.75, 3.05) is 6.61 Å². The predicted octanol–water partition coefficient (Wildman–Crippen LogP) is 6.22. The molecule has 0 saturated heterocycles. The largest absolute Gasteiger partial charge is 0.463 e. The summed E-state index contributed by atoms with van der Waals surface area (Å²) in [5.74, 6) is -0.364. The molecule has 2 aromatic heterocycles. The summed E-state index contributed by atoms with van der Waals surface area (Å²) in [6, 6.07) is 12.3. The van der Waals surface area contributed by atoms with E-state index in [9.17, 15) is 23.2 Å². The summed E-state index contributed by atoms with van der Waals surface area (Å²) in [6.07, 6.45) is 6.44. The fourth-order valence-corrected chi connectivity index (χ4v) is 6.36. The van der Waals surface area contributed by atoms with Crippen LogP contribution in [0.5, 0.6) is 0 Å². The summed E-state index contributed by atoms with van der Waals surface area (Å²) >= 11 is 6.55. The van der Waals surface area contributed by atoms with E-state index in [4.69, 9.17) is 27.1 Å². The number of nitrogens with zero attached hydrogens (tertiary/aromatic N) is 5. The zero-order valence-corrected chi connectivity index (χ0v) is 28.0. The summed E-state index contributed by atoms with van der Waals surface area (Å²) < 4.78 is 32.6. The van der Waals surface area contributed by atoms with Crippen LogP contribution in [-0.2, 0) is 19.9 Å². The summed E-state index contributed by atoms with van der Waals surface area (Å²) in [7, 11) is 0. The molecule has 0 bridgehead atoms. The second-order valence-corrected chi connectivity index (χ2v) is 14.1. The quantitative estimate of drug-likeness (QED) is 0.177. The normalized spacial score (nSPS) is 18.6. The molecule has 11 nitrogen and oxygen atoms in total. The molecule has 1 amide bonds. The Bertz CT molecular complexity index is 1970. The van der Waals surface area contributed by atoms with E-state index in [1.54, 1.807) is 42.5 Å². The Morgan fingerprint density at radius 1 is 1.12 bits per heavy atom. The number of rotatable bonds is 11. The minimum atomic E-state index is -2.77. The van der Waals surface area contributed by atoms with Gasteiger partial charge in [0.25, 0.3) is 11.5 Å². The Balaban J connectivity index is 1.40. The fourth-order valence-electron chi connectivity index (χ4n) is 6.15. The molecule has 1 aliphatic carbocycles. The van der Waals surface area contributed by atoms with Crippen molar-refractivity contribution >= 4 is 29.4 Å². The highest BCUT2D eigenvalue weighted by atomic mass is 35.5. The third-order valence-electron chi connectivity index (χ3n) is 8.58. The van der Waals surface area contributed by atoms with Crippen molar-refractivity contribution in [3.8, 4) is 22.5 Å². The van der Waals surface area contributed by atoms with Gasteiger partial charge in [-0.2, -0.15) is 13.9 Å². The maximum atomic E-state index is 14.9. The zero-order valence-electron chi connectivity index (χ0n) is 27.2. The van der Waals surface area contributed by atoms with Crippen molar-refractivity contribution in [1.29, 1.82) is 0 Å². The Morgan fingerprint density at radius 2 is 1.86 bits per heavy atom. The van der Waals surface area contributed by atoms with Crippen molar-refractivity contribution in [1.82, 2.24) is 24.6 Å². The van der Waals surface area contributed by atoms with E-state index in [-0.39, 0.29) is 42.8 Å². The molecule has 2 atom stereocenters.